The Morgan fingerprint density at radius 1 is 1.35 bits per heavy atom. The van der Waals surface area contributed by atoms with Crippen molar-refractivity contribution in [2.75, 3.05) is 41.0 Å². The highest BCUT2D eigenvalue weighted by Crippen LogP contribution is 2.21. The summed E-state index contributed by atoms with van der Waals surface area (Å²) in [6, 6.07) is 0. The third kappa shape index (κ3) is 4.29. The van der Waals surface area contributed by atoms with E-state index >= 15 is 0 Å². The molecular weight excluding hydrogens is 238 g/mol. The fourth-order valence-corrected chi connectivity index (χ4v) is 2.92. The second kappa shape index (κ2) is 8.98. The minimum atomic E-state index is -0.883. The van der Waals surface area contributed by atoms with Gasteiger partial charge in [0, 0.05) is 34.4 Å². The third-order valence-electron chi connectivity index (χ3n) is 2.72. The van der Waals surface area contributed by atoms with Crippen LogP contribution in [0.1, 0.15) is 13.3 Å². The van der Waals surface area contributed by atoms with Crippen molar-refractivity contribution in [3.8, 4) is 0 Å². The van der Waals surface area contributed by atoms with Gasteiger partial charge in [0.25, 0.3) is 5.91 Å². The SMILES string of the molecule is CCCN([SiH3])C(OC)(OC)C(NCCN)OC. The molecule has 17 heavy (non-hydrogen) atoms. The van der Waals surface area contributed by atoms with Gasteiger partial charge in [-0.3, -0.25) is 9.88 Å². The van der Waals surface area contributed by atoms with Crippen LogP contribution in [0.15, 0.2) is 0 Å². The quantitative estimate of drug-likeness (QED) is 0.368. The number of hydrogen-bond acceptors (Lipinski definition) is 6. The minimum absolute atomic E-state index is 0.370. The van der Waals surface area contributed by atoms with Crippen LogP contribution in [0.3, 0.4) is 0 Å². The van der Waals surface area contributed by atoms with E-state index in [0.29, 0.717) is 13.1 Å². The second-order valence-electron chi connectivity index (χ2n) is 3.82. The van der Waals surface area contributed by atoms with E-state index in [1.54, 1.807) is 21.3 Å². The Bertz CT molecular complexity index is 194. The fourth-order valence-electron chi connectivity index (χ4n) is 1.88. The molecule has 0 aromatic carbocycles. The molecule has 7 heteroatoms. The predicted octanol–water partition coefficient (Wildman–Crippen LogP) is -1.55. The number of methoxy groups -OCH3 is 3. The third-order valence-corrected chi connectivity index (χ3v) is 3.79. The highest BCUT2D eigenvalue weighted by molar-refractivity contribution is 6.04. The summed E-state index contributed by atoms with van der Waals surface area (Å²) in [6.07, 6.45) is 0.663. The summed E-state index contributed by atoms with van der Waals surface area (Å²) in [5, 5.41) is 3.18. The highest BCUT2D eigenvalue weighted by atomic mass is 28.2. The molecule has 0 spiro atoms. The summed E-state index contributed by atoms with van der Waals surface area (Å²) in [7, 11) is 5.70. The maximum Gasteiger partial charge on any atom is 0.264 e. The molecule has 104 valence electrons. The molecule has 1 unspecified atom stereocenters. The summed E-state index contributed by atoms with van der Waals surface area (Å²) in [5.74, 6) is -0.883. The molecule has 0 aromatic heterocycles. The first-order valence-electron chi connectivity index (χ1n) is 5.90. The molecule has 0 aliphatic rings. The van der Waals surface area contributed by atoms with E-state index < -0.39 is 5.91 Å². The number of ether oxygens (including phenoxy) is 3. The van der Waals surface area contributed by atoms with Crippen LogP contribution < -0.4 is 11.1 Å². The van der Waals surface area contributed by atoms with E-state index in [0.717, 1.165) is 23.4 Å². The second-order valence-corrected chi connectivity index (χ2v) is 4.90. The first-order chi connectivity index (χ1) is 8.12. The number of nitrogens with zero attached hydrogens (tertiary/aromatic N) is 1. The van der Waals surface area contributed by atoms with Gasteiger partial charge in [-0.1, -0.05) is 6.92 Å². The molecule has 0 amide bonds. The Hall–Kier alpha value is -0.0231. The molecule has 1 atom stereocenters. The smallest absolute Gasteiger partial charge is 0.264 e. The van der Waals surface area contributed by atoms with Crippen molar-refractivity contribution in [1.29, 1.82) is 0 Å². The van der Waals surface area contributed by atoms with Gasteiger partial charge in [0.05, 0.1) is 10.4 Å². The zero-order chi connectivity index (χ0) is 13.3. The Balaban J connectivity index is 4.85. The lowest BCUT2D eigenvalue weighted by molar-refractivity contribution is -0.324. The average molecular weight is 265 g/mol. The van der Waals surface area contributed by atoms with E-state index in [4.69, 9.17) is 19.9 Å². The first-order valence-corrected chi connectivity index (χ1v) is 6.80. The zero-order valence-corrected chi connectivity index (χ0v) is 13.7. The van der Waals surface area contributed by atoms with Gasteiger partial charge in [-0.15, -0.1) is 0 Å². The summed E-state index contributed by atoms with van der Waals surface area (Å²) in [6.45, 7) is 4.21. The van der Waals surface area contributed by atoms with E-state index in [-0.39, 0.29) is 6.23 Å². The average Bonchev–Trinajstić information content (AvgIpc) is 2.35. The van der Waals surface area contributed by atoms with Crippen molar-refractivity contribution in [2.24, 2.45) is 5.73 Å². The molecule has 0 bridgehead atoms. The minimum Gasteiger partial charge on any atom is -0.359 e. The van der Waals surface area contributed by atoms with Crippen LogP contribution in [-0.2, 0) is 14.2 Å². The van der Waals surface area contributed by atoms with Crippen LogP contribution in [0.4, 0.5) is 0 Å². The Morgan fingerprint density at radius 2 is 1.94 bits per heavy atom. The van der Waals surface area contributed by atoms with Gasteiger partial charge >= 0.3 is 0 Å². The van der Waals surface area contributed by atoms with Crippen LogP contribution >= 0.6 is 0 Å². The molecular formula is C10H27N3O3Si. The van der Waals surface area contributed by atoms with Crippen molar-refractivity contribution in [2.45, 2.75) is 25.5 Å². The predicted molar refractivity (Wildman–Crippen MR) is 71.5 cm³/mol. The normalized spacial score (nSPS) is 14.5. The van der Waals surface area contributed by atoms with Crippen molar-refractivity contribution in [3.05, 3.63) is 0 Å². The topological polar surface area (TPSA) is 69.0 Å². The van der Waals surface area contributed by atoms with Crippen LogP contribution in [0.5, 0.6) is 0 Å². The van der Waals surface area contributed by atoms with Crippen LogP contribution in [0.25, 0.3) is 0 Å². The lowest BCUT2D eigenvalue weighted by atomic mass is 10.3. The summed E-state index contributed by atoms with van der Waals surface area (Å²) in [5.41, 5.74) is 5.49. The van der Waals surface area contributed by atoms with Crippen molar-refractivity contribution < 1.29 is 14.2 Å². The maximum atomic E-state index is 5.56. The van der Waals surface area contributed by atoms with Gasteiger partial charge in [0.1, 0.15) is 0 Å². The maximum absolute atomic E-state index is 5.56. The summed E-state index contributed by atoms with van der Waals surface area (Å²) in [4.78, 5) is 0. The van der Waals surface area contributed by atoms with E-state index in [2.05, 4.69) is 16.8 Å². The molecule has 0 saturated carbocycles. The summed E-state index contributed by atoms with van der Waals surface area (Å²) < 4.78 is 18.7. The van der Waals surface area contributed by atoms with Crippen molar-refractivity contribution >= 4 is 10.4 Å². The number of nitrogens with one attached hydrogen (secondary N) is 1. The van der Waals surface area contributed by atoms with Crippen molar-refractivity contribution in [3.63, 3.8) is 0 Å². The Labute approximate surface area is 107 Å². The monoisotopic (exact) mass is 265 g/mol. The zero-order valence-electron chi connectivity index (χ0n) is 11.7. The lowest BCUT2D eigenvalue weighted by Gasteiger charge is -2.43. The summed E-state index contributed by atoms with van der Waals surface area (Å²) >= 11 is 0. The van der Waals surface area contributed by atoms with E-state index in [1.807, 2.05) is 0 Å². The first kappa shape index (κ1) is 17.0. The highest BCUT2D eigenvalue weighted by Gasteiger charge is 2.43. The van der Waals surface area contributed by atoms with Gasteiger partial charge in [-0.05, 0) is 13.0 Å². The van der Waals surface area contributed by atoms with E-state index in [9.17, 15) is 0 Å². The largest absolute Gasteiger partial charge is 0.359 e. The van der Waals surface area contributed by atoms with Gasteiger partial charge in [0.2, 0.25) is 0 Å². The van der Waals surface area contributed by atoms with Crippen LogP contribution in [-0.4, -0.2) is 68.1 Å². The number of rotatable bonds is 10. The lowest BCUT2D eigenvalue weighted by Crippen LogP contribution is -2.64. The molecule has 0 fully saturated rings. The number of nitrogens with two attached hydrogens (primary N) is 1. The molecule has 0 heterocycles. The van der Waals surface area contributed by atoms with Crippen LogP contribution in [0, 0.1) is 0 Å². The molecule has 0 saturated heterocycles. The van der Waals surface area contributed by atoms with Gasteiger partial charge < -0.3 is 19.9 Å². The molecule has 3 N–H and O–H groups in total. The Morgan fingerprint density at radius 3 is 2.29 bits per heavy atom. The molecule has 0 radical (unpaired) electrons. The van der Waals surface area contributed by atoms with Crippen molar-refractivity contribution in [1.82, 2.24) is 9.88 Å². The standard InChI is InChI=1S/C10H27N3O3Si/c1-5-8-13(17)10(15-3,16-4)9(14-2)12-7-6-11/h9,12H,5-8,11H2,1-4,17H3. The van der Waals surface area contributed by atoms with E-state index in [1.165, 1.54) is 0 Å². The molecule has 0 aliphatic heterocycles. The van der Waals surface area contributed by atoms with Crippen LogP contribution in [0.2, 0.25) is 0 Å². The number of hydrogen-bond donors (Lipinski definition) is 2. The molecule has 0 aliphatic carbocycles. The van der Waals surface area contributed by atoms with Gasteiger partial charge in [-0.25, -0.2) is 0 Å². The molecule has 0 aromatic rings. The molecule has 0 rings (SSSR count). The Kier molecular flexibility index (Phi) is 8.97. The van der Waals surface area contributed by atoms with Gasteiger partial charge in [0.15, 0.2) is 6.23 Å². The molecule has 6 nitrogen and oxygen atoms in total. The fraction of sp³-hybridized carbons (Fsp3) is 1.00. The van der Waals surface area contributed by atoms with Gasteiger partial charge in [-0.2, -0.15) is 0 Å².